The van der Waals surface area contributed by atoms with E-state index >= 15 is 0 Å². The van der Waals surface area contributed by atoms with Crippen LogP contribution in [0.1, 0.15) is 38.9 Å². The second kappa shape index (κ2) is 6.23. The van der Waals surface area contributed by atoms with Gasteiger partial charge in [-0.1, -0.05) is 19.9 Å². The normalized spacial score (nSPS) is 11.4. The molecule has 0 radical (unpaired) electrons. The lowest BCUT2D eigenvalue weighted by Gasteiger charge is -2.01. The third-order valence-corrected chi connectivity index (χ3v) is 2.05. The predicted octanol–water partition coefficient (Wildman–Crippen LogP) is 3.69. The molecule has 0 aliphatic carbocycles. The molecule has 0 N–H and O–H groups in total. The molecule has 0 bridgehead atoms. The summed E-state index contributed by atoms with van der Waals surface area (Å²) in [6.07, 6.45) is 7.65. The van der Waals surface area contributed by atoms with Crippen LogP contribution < -0.4 is 0 Å². The lowest BCUT2D eigenvalue weighted by atomic mass is 10.0. The van der Waals surface area contributed by atoms with Crippen LogP contribution in [0.5, 0.6) is 0 Å². The summed E-state index contributed by atoms with van der Waals surface area (Å²) in [5, 5.41) is 0. The van der Waals surface area contributed by atoms with Crippen LogP contribution in [0, 0.1) is 5.92 Å². The monoisotopic (exact) mass is 206 g/mol. The van der Waals surface area contributed by atoms with Crippen molar-refractivity contribution >= 4 is 11.9 Å². The van der Waals surface area contributed by atoms with E-state index in [9.17, 15) is 4.79 Å². The summed E-state index contributed by atoms with van der Waals surface area (Å²) in [7, 11) is 0. The Kier molecular flexibility index (Phi) is 4.88. The quantitative estimate of drug-likeness (QED) is 0.710. The number of ketones is 1. The Labute approximate surface area is 91.0 Å². The number of carbonyl (C=O) groups excluding carboxylic acids is 1. The number of rotatable bonds is 6. The molecule has 82 valence electrons. The van der Waals surface area contributed by atoms with E-state index in [0.717, 1.165) is 12.2 Å². The van der Waals surface area contributed by atoms with Gasteiger partial charge < -0.3 is 4.42 Å². The van der Waals surface area contributed by atoms with E-state index in [-0.39, 0.29) is 0 Å². The van der Waals surface area contributed by atoms with E-state index in [1.54, 1.807) is 6.26 Å². The number of hydrogen-bond acceptors (Lipinski definition) is 2. The molecule has 0 aromatic carbocycles. The van der Waals surface area contributed by atoms with Gasteiger partial charge in [0, 0.05) is 12.8 Å². The van der Waals surface area contributed by atoms with E-state index in [1.807, 2.05) is 24.3 Å². The van der Waals surface area contributed by atoms with Crippen LogP contribution in [0.3, 0.4) is 0 Å². The highest BCUT2D eigenvalue weighted by Gasteiger charge is 2.03. The van der Waals surface area contributed by atoms with Crippen LogP contribution in [-0.4, -0.2) is 5.78 Å². The maximum atomic E-state index is 11.4. The Balaban J connectivity index is 2.19. The van der Waals surface area contributed by atoms with E-state index in [0.29, 0.717) is 24.5 Å². The van der Waals surface area contributed by atoms with Crippen molar-refractivity contribution in [3.8, 4) is 0 Å². The van der Waals surface area contributed by atoms with Gasteiger partial charge >= 0.3 is 0 Å². The second-order valence-electron chi connectivity index (χ2n) is 4.09. The molecular weight excluding hydrogens is 188 g/mol. The molecule has 2 heteroatoms. The fourth-order valence-electron chi connectivity index (χ4n) is 1.39. The minimum atomic E-state index is 0.342. The summed E-state index contributed by atoms with van der Waals surface area (Å²) in [5.41, 5.74) is 0. The molecule has 0 spiro atoms. The smallest absolute Gasteiger partial charge is 0.133 e. The van der Waals surface area contributed by atoms with Gasteiger partial charge in [-0.25, -0.2) is 0 Å². The number of carbonyl (C=O) groups is 1. The van der Waals surface area contributed by atoms with Crippen molar-refractivity contribution in [2.75, 3.05) is 0 Å². The van der Waals surface area contributed by atoms with E-state index in [4.69, 9.17) is 4.42 Å². The van der Waals surface area contributed by atoms with Gasteiger partial charge in [-0.15, -0.1) is 0 Å². The summed E-state index contributed by atoms with van der Waals surface area (Å²) in [4.78, 5) is 11.4. The standard InChI is InChI=1S/C13H18O2/c1-11(2)10-12(14)6-3-4-7-13-8-5-9-15-13/h4-5,7-9,11H,3,6,10H2,1-2H3/b7-4+. The zero-order valence-electron chi connectivity index (χ0n) is 9.40. The fourth-order valence-corrected chi connectivity index (χ4v) is 1.39. The second-order valence-corrected chi connectivity index (χ2v) is 4.09. The van der Waals surface area contributed by atoms with Gasteiger partial charge in [0.1, 0.15) is 11.5 Å². The minimum Gasteiger partial charge on any atom is -0.465 e. The zero-order valence-corrected chi connectivity index (χ0v) is 9.40. The Morgan fingerprint density at radius 1 is 1.53 bits per heavy atom. The first-order valence-corrected chi connectivity index (χ1v) is 5.40. The van der Waals surface area contributed by atoms with Gasteiger partial charge in [0.25, 0.3) is 0 Å². The molecule has 2 nitrogen and oxygen atoms in total. The van der Waals surface area contributed by atoms with Gasteiger partial charge in [-0.2, -0.15) is 0 Å². The summed E-state index contributed by atoms with van der Waals surface area (Å²) in [5.74, 6) is 1.65. The Morgan fingerprint density at radius 3 is 2.93 bits per heavy atom. The van der Waals surface area contributed by atoms with E-state index in [2.05, 4.69) is 13.8 Å². The molecule has 15 heavy (non-hydrogen) atoms. The highest BCUT2D eigenvalue weighted by molar-refractivity contribution is 5.78. The molecule has 1 rings (SSSR count). The number of hydrogen-bond donors (Lipinski definition) is 0. The van der Waals surface area contributed by atoms with Crippen LogP contribution >= 0.6 is 0 Å². The Hall–Kier alpha value is -1.31. The molecule has 0 saturated heterocycles. The first kappa shape index (κ1) is 11.8. The van der Waals surface area contributed by atoms with Crippen molar-refractivity contribution in [3.63, 3.8) is 0 Å². The number of allylic oxidation sites excluding steroid dienone is 1. The topological polar surface area (TPSA) is 30.2 Å². The van der Waals surface area contributed by atoms with Gasteiger partial charge in [0.15, 0.2) is 0 Å². The molecule has 0 unspecified atom stereocenters. The SMILES string of the molecule is CC(C)CC(=O)CC/C=C/c1ccco1. The van der Waals surface area contributed by atoms with Gasteiger partial charge in [0.2, 0.25) is 0 Å². The molecule has 0 aliphatic rings. The summed E-state index contributed by atoms with van der Waals surface area (Å²) >= 11 is 0. The Morgan fingerprint density at radius 2 is 2.33 bits per heavy atom. The maximum absolute atomic E-state index is 11.4. The molecule has 0 aliphatic heterocycles. The van der Waals surface area contributed by atoms with Crippen LogP contribution in [0.25, 0.3) is 6.08 Å². The average Bonchev–Trinajstić information content (AvgIpc) is 2.63. The minimum absolute atomic E-state index is 0.342. The lowest BCUT2D eigenvalue weighted by Crippen LogP contribution is -2.01. The third kappa shape index (κ3) is 5.21. The fraction of sp³-hybridized carbons (Fsp3) is 0.462. The summed E-state index contributed by atoms with van der Waals surface area (Å²) in [6, 6.07) is 3.75. The van der Waals surface area contributed by atoms with Gasteiger partial charge in [-0.3, -0.25) is 4.79 Å². The average molecular weight is 206 g/mol. The van der Waals surface area contributed by atoms with Gasteiger partial charge in [-0.05, 0) is 30.5 Å². The van der Waals surface area contributed by atoms with Crippen LogP contribution in [0.2, 0.25) is 0 Å². The molecule has 1 heterocycles. The number of Topliss-reactive ketones (excluding diaryl/α,β-unsaturated/α-hetero) is 1. The predicted molar refractivity (Wildman–Crippen MR) is 61.4 cm³/mol. The molecular formula is C13H18O2. The van der Waals surface area contributed by atoms with E-state index < -0.39 is 0 Å². The highest BCUT2D eigenvalue weighted by Crippen LogP contribution is 2.07. The first-order chi connectivity index (χ1) is 7.18. The van der Waals surface area contributed by atoms with Crippen molar-refractivity contribution in [1.29, 1.82) is 0 Å². The highest BCUT2D eigenvalue weighted by atomic mass is 16.3. The van der Waals surface area contributed by atoms with Crippen LogP contribution in [-0.2, 0) is 4.79 Å². The lowest BCUT2D eigenvalue weighted by molar-refractivity contribution is -0.119. The first-order valence-electron chi connectivity index (χ1n) is 5.40. The number of furan rings is 1. The van der Waals surface area contributed by atoms with Crippen molar-refractivity contribution in [1.82, 2.24) is 0 Å². The molecule has 0 amide bonds. The molecule has 0 atom stereocenters. The van der Waals surface area contributed by atoms with Gasteiger partial charge in [0.05, 0.1) is 6.26 Å². The summed E-state index contributed by atoms with van der Waals surface area (Å²) in [6.45, 7) is 4.13. The largest absolute Gasteiger partial charge is 0.465 e. The maximum Gasteiger partial charge on any atom is 0.133 e. The molecule has 1 aromatic rings. The van der Waals surface area contributed by atoms with E-state index in [1.165, 1.54) is 0 Å². The zero-order chi connectivity index (χ0) is 11.1. The molecule has 0 saturated carbocycles. The van der Waals surface area contributed by atoms with Crippen molar-refractivity contribution in [2.24, 2.45) is 5.92 Å². The third-order valence-electron chi connectivity index (χ3n) is 2.05. The summed E-state index contributed by atoms with van der Waals surface area (Å²) < 4.78 is 5.13. The van der Waals surface area contributed by atoms with Crippen molar-refractivity contribution < 1.29 is 9.21 Å². The van der Waals surface area contributed by atoms with Crippen molar-refractivity contribution in [3.05, 3.63) is 30.2 Å². The van der Waals surface area contributed by atoms with Crippen LogP contribution in [0.15, 0.2) is 28.9 Å². The van der Waals surface area contributed by atoms with Crippen LogP contribution in [0.4, 0.5) is 0 Å². The molecule has 0 fully saturated rings. The Bertz CT molecular complexity index is 307. The van der Waals surface area contributed by atoms with Crippen molar-refractivity contribution in [2.45, 2.75) is 33.1 Å². The molecule has 1 aromatic heterocycles.